The van der Waals surface area contributed by atoms with E-state index in [2.05, 4.69) is 4.98 Å². The number of rotatable bonds is 1. The maximum Gasteiger partial charge on any atom is 0.420 e. The second-order valence-corrected chi connectivity index (χ2v) is 5.00. The molecule has 0 saturated carbocycles. The summed E-state index contributed by atoms with van der Waals surface area (Å²) < 4.78 is 38.1. The van der Waals surface area contributed by atoms with Crippen LogP contribution in [0, 0.1) is 0 Å². The van der Waals surface area contributed by atoms with Crippen LogP contribution in [0.4, 0.5) is 13.2 Å². The number of aromatic nitrogens is 1. The minimum absolute atomic E-state index is 0.0489. The standard InChI is InChI=1S/C12H5Cl3F3NO/c13-7-3-5(4-8(14)9(7)15)10-11(20)6(1-2-19-10)12(16,17)18/h1-4,20H. The molecule has 0 amide bonds. The molecule has 0 bridgehead atoms. The molecule has 2 rings (SSSR count). The summed E-state index contributed by atoms with van der Waals surface area (Å²) in [6.07, 6.45) is -3.75. The van der Waals surface area contributed by atoms with E-state index < -0.39 is 17.5 Å². The molecule has 1 heterocycles. The summed E-state index contributed by atoms with van der Waals surface area (Å²) in [5, 5.41) is 9.90. The molecule has 2 nitrogen and oxygen atoms in total. The Balaban J connectivity index is 2.66. The highest BCUT2D eigenvalue weighted by Crippen LogP contribution is 2.42. The van der Waals surface area contributed by atoms with Crippen molar-refractivity contribution in [2.24, 2.45) is 0 Å². The van der Waals surface area contributed by atoms with Crippen molar-refractivity contribution in [3.63, 3.8) is 0 Å². The van der Waals surface area contributed by atoms with Gasteiger partial charge in [-0.1, -0.05) is 34.8 Å². The van der Waals surface area contributed by atoms with E-state index in [4.69, 9.17) is 34.8 Å². The number of hydrogen-bond acceptors (Lipinski definition) is 2. The Morgan fingerprint density at radius 3 is 2.10 bits per heavy atom. The third-order valence-electron chi connectivity index (χ3n) is 2.49. The van der Waals surface area contributed by atoms with Gasteiger partial charge in [-0.15, -0.1) is 0 Å². The van der Waals surface area contributed by atoms with Crippen molar-refractivity contribution in [2.45, 2.75) is 6.18 Å². The fourth-order valence-electron chi connectivity index (χ4n) is 1.59. The van der Waals surface area contributed by atoms with Crippen LogP contribution in [-0.4, -0.2) is 10.1 Å². The Bertz CT molecular complexity index is 650. The lowest BCUT2D eigenvalue weighted by Gasteiger charge is -2.12. The zero-order valence-electron chi connectivity index (χ0n) is 9.47. The predicted octanol–water partition coefficient (Wildman–Crippen LogP) is 5.43. The number of nitrogens with zero attached hydrogens (tertiary/aromatic N) is 1. The molecule has 0 aliphatic rings. The van der Waals surface area contributed by atoms with Gasteiger partial charge in [-0.25, -0.2) is 0 Å². The van der Waals surface area contributed by atoms with Crippen LogP contribution in [0.25, 0.3) is 11.3 Å². The fourth-order valence-corrected chi connectivity index (χ4v) is 2.18. The Morgan fingerprint density at radius 1 is 1.05 bits per heavy atom. The van der Waals surface area contributed by atoms with Crippen LogP contribution in [0.5, 0.6) is 5.75 Å². The van der Waals surface area contributed by atoms with Gasteiger partial charge in [0.25, 0.3) is 0 Å². The molecule has 20 heavy (non-hydrogen) atoms. The molecule has 0 aliphatic carbocycles. The molecule has 8 heteroatoms. The summed E-state index contributed by atoms with van der Waals surface area (Å²) in [7, 11) is 0. The molecular weight excluding hydrogens is 337 g/mol. The van der Waals surface area contributed by atoms with Gasteiger partial charge in [0.05, 0.1) is 15.1 Å². The molecule has 0 atom stereocenters. The summed E-state index contributed by atoms with van der Waals surface area (Å²) in [5.41, 5.74) is -1.34. The molecule has 2 aromatic rings. The van der Waals surface area contributed by atoms with Crippen molar-refractivity contribution >= 4 is 34.8 Å². The average molecular weight is 343 g/mol. The highest BCUT2D eigenvalue weighted by Gasteiger charge is 2.35. The smallest absolute Gasteiger partial charge is 0.420 e. The normalized spacial score (nSPS) is 11.7. The summed E-state index contributed by atoms with van der Waals surface area (Å²) in [6, 6.07) is 3.23. The molecule has 0 saturated heterocycles. The van der Waals surface area contributed by atoms with Gasteiger partial charge in [0.2, 0.25) is 0 Å². The molecule has 1 aromatic carbocycles. The summed E-state index contributed by atoms with van der Waals surface area (Å²) in [4.78, 5) is 3.72. The van der Waals surface area contributed by atoms with Crippen LogP contribution >= 0.6 is 34.8 Å². The molecule has 1 aromatic heterocycles. The maximum atomic E-state index is 12.7. The van der Waals surface area contributed by atoms with Crippen LogP contribution in [-0.2, 0) is 6.18 Å². The fraction of sp³-hybridized carbons (Fsp3) is 0.0833. The van der Waals surface area contributed by atoms with E-state index in [9.17, 15) is 18.3 Å². The molecule has 0 unspecified atom stereocenters. The minimum Gasteiger partial charge on any atom is -0.505 e. The second-order valence-electron chi connectivity index (χ2n) is 3.81. The molecule has 1 N–H and O–H groups in total. The third-order valence-corrected chi connectivity index (χ3v) is 3.68. The Labute approximate surface area is 126 Å². The monoisotopic (exact) mass is 341 g/mol. The lowest BCUT2D eigenvalue weighted by atomic mass is 10.1. The Kier molecular flexibility index (Phi) is 4.04. The van der Waals surface area contributed by atoms with Gasteiger partial charge in [0, 0.05) is 11.8 Å². The van der Waals surface area contributed by atoms with E-state index in [0.717, 1.165) is 6.20 Å². The van der Waals surface area contributed by atoms with E-state index in [-0.39, 0.29) is 26.3 Å². The largest absolute Gasteiger partial charge is 0.505 e. The van der Waals surface area contributed by atoms with Crippen LogP contribution in [0.3, 0.4) is 0 Å². The van der Waals surface area contributed by atoms with E-state index in [0.29, 0.717) is 6.07 Å². The van der Waals surface area contributed by atoms with E-state index in [1.165, 1.54) is 12.1 Å². The zero-order valence-corrected chi connectivity index (χ0v) is 11.7. The first kappa shape index (κ1) is 15.2. The maximum absolute atomic E-state index is 12.7. The lowest BCUT2D eigenvalue weighted by molar-refractivity contribution is -0.138. The Morgan fingerprint density at radius 2 is 1.60 bits per heavy atom. The third kappa shape index (κ3) is 2.80. The minimum atomic E-state index is -4.69. The van der Waals surface area contributed by atoms with E-state index in [1.807, 2.05) is 0 Å². The van der Waals surface area contributed by atoms with E-state index in [1.54, 1.807) is 0 Å². The summed E-state index contributed by atoms with van der Waals surface area (Å²) >= 11 is 17.4. The summed E-state index contributed by atoms with van der Waals surface area (Å²) in [5.74, 6) is -0.991. The van der Waals surface area contributed by atoms with Gasteiger partial charge in [0.1, 0.15) is 11.3 Å². The molecule has 106 valence electrons. The van der Waals surface area contributed by atoms with Gasteiger partial charge < -0.3 is 5.11 Å². The second kappa shape index (κ2) is 5.31. The number of halogens is 6. The number of hydrogen-bond donors (Lipinski definition) is 1. The van der Waals surface area contributed by atoms with Crippen molar-refractivity contribution in [3.05, 3.63) is 45.0 Å². The van der Waals surface area contributed by atoms with Crippen molar-refractivity contribution in [3.8, 4) is 17.0 Å². The molecule has 0 fully saturated rings. The van der Waals surface area contributed by atoms with Crippen LogP contribution in [0.2, 0.25) is 15.1 Å². The number of aromatic hydroxyl groups is 1. The highest BCUT2D eigenvalue weighted by molar-refractivity contribution is 6.48. The quantitative estimate of drug-likeness (QED) is 0.701. The highest BCUT2D eigenvalue weighted by atomic mass is 35.5. The number of alkyl halides is 3. The average Bonchev–Trinajstić information content (AvgIpc) is 2.34. The summed E-state index contributed by atoms with van der Waals surface area (Å²) in [6.45, 7) is 0. The molecule has 0 spiro atoms. The van der Waals surface area contributed by atoms with Crippen molar-refractivity contribution < 1.29 is 18.3 Å². The first-order chi connectivity index (χ1) is 9.21. The molecular formula is C12H5Cl3F3NO. The van der Waals surface area contributed by atoms with Gasteiger partial charge >= 0.3 is 6.18 Å². The number of pyridine rings is 1. The molecule has 0 radical (unpaired) electrons. The number of benzene rings is 1. The first-order valence-corrected chi connectivity index (χ1v) is 6.25. The van der Waals surface area contributed by atoms with Crippen molar-refractivity contribution in [2.75, 3.05) is 0 Å². The van der Waals surface area contributed by atoms with E-state index >= 15 is 0 Å². The first-order valence-electron chi connectivity index (χ1n) is 5.12. The van der Waals surface area contributed by atoms with Gasteiger partial charge in [-0.2, -0.15) is 13.2 Å². The topological polar surface area (TPSA) is 33.1 Å². The van der Waals surface area contributed by atoms with Crippen LogP contribution in [0.15, 0.2) is 24.4 Å². The Hall–Kier alpha value is -1.17. The lowest BCUT2D eigenvalue weighted by Crippen LogP contribution is -2.06. The molecule has 0 aliphatic heterocycles. The van der Waals surface area contributed by atoms with Crippen molar-refractivity contribution in [1.82, 2.24) is 4.98 Å². The van der Waals surface area contributed by atoms with Gasteiger partial charge in [0.15, 0.2) is 5.75 Å². The van der Waals surface area contributed by atoms with Crippen molar-refractivity contribution in [1.29, 1.82) is 0 Å². The SMILES string of the molecule is Oc1c(C(F)(F)F)ccnc1-c1cc(Cl)c(Cl)c(Cl)c1. The predicted molar refractivity (Wildman–Crippen MR) is 71.4 cm³/mol. The van der Waals surface area contributed by atoms with Crippen LogP contribution in [0.1, 0.15) is 5.56 Å². The van der Waals surface area contributed by atoms with Crippen LogP contribution < -0.4 is 0 Å². The van der Waals surface area contributed by atoms with Gasteiger partial charge in [-0.3, -0.25) is 4.98 Å². The zero-order chi connectivity index (χ0) is 15.1. The van der Waals surface area contributed by atoms with Gasteiger partial charge in [-0.05, 0) is 18.2 Å².